The molecule has 2 atom stereocenters. The third-order valence-electron chi connectivity index (χ3n) is 3.39. The van der Waals surface area contributed by atoms with E-state index < -0.39 is 5.82 Å². The summed E-state index contributed by atoms with van der Waals surface area (Å²) in [5.41, 5.74) is 0.947. The maximum atomic E-state index is 13.2. The molecule has 0 radical (unpaired) electrons. The standard InChI is InChI=1S/C13H14ClFN2O/c1-7-2-3-16-11(4-7)13-17-10-6-8(15)5-9(14)12(10)18-13/h5-7,11,16H,2-4H2,1H3. The highest BCUT2D eigenvalue weighted by Gasteiger charge is 2.24. The van der Waals surface area contributed by atoms with Crippen LogP contribution in [-0.2, 0) is 0 Å². The number of nitrogens with zero attached hydrogens (tertiary/aromatic N) is 1. The van der Waals surface area contributed by atoms with Gasteiger partial charge in [0.25, 0.3) is 0 Å². The Balaban J connectivity index is 2.00. The van der Waals surface area contributed by atoms with Crippen LogP contribution in [-0.4, -0.2) is 11.5 Å². The van der Waals surface area contributed by atoms with Crippen LogP contribution in [0.1, 0.15) is 31.7 Å². The first-order valence-electron chi connectivity index (χ1n) is 6.12. The number of piperidine rings is 1. The molecule has 3 rings (SSSR count). The van der Waals surface area contributed by atoms with Gasteiger partial charge in [-0.3, -0.25) is 0 Å². The molecule has 2 unspecified atom stereocenters. The third-order valence-corrected chi connectivity index (χ3v) is 3.67. The lowest BCUT2D eigenvalue weighted by Gasteiger charge is -2.25. The number of fused-ring (bicyclic) bond motifs is 1. The van der Waals surface area contributed by atoms with Crippen molar-refractivity contribution in [1.29, 1.82) is 0 Å². The van der Waals surface area contributed by atoms with Crippen LogP contribution in [0.4, 0.5) is 4.39 Å². The van der Waals surface area contributed by atoms with E-state index in [1.807, 2.05) is 0 Å². The molecule has 0 bridgehead atoms. The number of nitrogens with one attached hydrogen (secondary N) is 1. The third kappa shape index (κ3) is 2.10. The SMILES string of the molecule is CC1CCNC(c2nc3cc(F)cc(Cl)c3o2)C1. The molecule has 1 N–H and O–H groups in total. The number of benzene rings is 1. The molecule has 1 saturated heterocycles. The first-order valence-corrected chi connectivity index (χ1v) is 6.50. The highest BCUT2D eigenvalue weighted by molar-refractivity contribution is 6.34. The Kier molecular flexibility index (Phi) is 2.99. The van der Waals surface area contributed by atoms with E-state index in [9.17, 15) is 4.39 Å². The first-order chi connectivity index (χ1) is 8.63. The van der Waals surface area contributed by atoms with Gasteiger partial charge in [-0.1, -0.05) is 18.5 Å². The molecule has 0 aliphatic carbocycles. The first kappa shape index (κ1) is 11.9. The minimum absolute atomic E-state index is 0.0975. The van der Waals surface area contributed by atoms with E-state index in [1.54, 1.807) is 0 Å². The fourth-order valence-corrected chi connectivity index (χ4v) is 2.66. The molecule has 1 aromatic heterocycles. The second kappa shape index (κ2) is 4.52. The largest absolute Gasteiger partial charge is 0.437 e. The monoisotopic (exact) mass is 268 g/mol. The Hall–Kier alpha value is -1.13. The van der Waals surface area contributed by atoms with E-state index in [-0.39, 0.29) is 11.1 Å². The average Bonchev–Trinajstić information content (AvgIpc) is 2.73. The molecule has 96 valence electrons. The van der Waals surface area contributed by atoms with E-state index >= 15 is 0 Å². The fraction of sp³-hybridized carbons (Fsp3) is 0.462. The zero-order chi connectivity index (χ0) is 12.7. The maximum Gasteiger partial charge on any atom is 0.212 e. The summed E-state index contributed by atoms with van der Waals surface area (Å²) in [6.07, 6.45) is 2.14. The van der Waals surface area contributed by atoms with Crippen LogP contribution < -0.4 is 5.32 Å². The van der Waals surface area contributed by atoms with Crippen molar-refractivity contribution < 1.29 is 8.81 Å². The number of hydrogen-bond acceptors (Lipinski definition) is 3. The van der Waals surface area contributed by atoms with Crippen LogP contribution in [0.25, 0.3) is 11.1 Å². The Morgan fingerprint density at radius 2 is 2.33 bits per heavy atom. The molecule has 5 heteroatoms. The van der Waals surface area contributed by atoms with Gasteiger partial charge in [0.05, 0.1) is 11.1 Å². The summed E-state index contributed by atoms with van der Waals surface area (Å²) >= 11 is 5.95. The summed E-state index contributed by atoms with van der Waals surface area (Å²) in [6, 6.07) is 2.69. The molecule has 1 aliphatic rings. The van der Waals surface area contributed by atoms with Crippen LogP contribution in [0, 0.1) is 11.7 Å². The average molecular weight is 269 g/mol. The zero-order valence-electron chi connectivity index (χ0n) is 10.0. The Bertz CT molecular complexity index is 584. The van der Waals surface area contributed by atoms with Crippen molar-refractivity contribution in [3.8, 4) is 0 Å². The topological polar surface area (TPSA) is 38.1 Å². The smallest absolute Gasteiger partial charge is 0.212 e. The molecule has 1 aromatic carbocycles. The normalized spacial score (nSPS) is 24.6. The lowest BCUT2D eigenvalue weighted by molar-refractivity contribution is 0.287. The van der Waals surface area contributed by atoms with Crippen molar-refractivity contribution in [2.45, 2.75) is 25.8 Å². The second-order valence-corrected chi connectivity index (χ2v) is 5.33. The predicted molar refractivity (Wildman–Crippen MR) is 68.1 cm³/mol. The lowest BCUT2D eigenvalue weighted by atomic mass is 9.94. The van der Waals surface area contributed by atoms with Gasteiger partial charge in [0, 0.05) is 6.07 Å². The summed E-state index contributed by atoms with van der Waals surface area (Å²) in [4.78, 5) is 4.34. The van der Waals surface area contributed by atoms with Gasteiger partial charge in [0.1, 0.15) is 11.3 Å². The van der Waals surface area contributed by atoms with Gasteiger partial charge in [0.15, 0.2) is 5.58 Å². The Morgan fingerprint density at radius 3 is 3.11 bits per heavy atom. The summed E-state index contributed by atoms with van der Waals surface area (Å²) in [5, 5.41) is 3.64. The van der Waals surface area contributed by atoms with Gasteiger partial charge in [-0.05, 0) is 31.4 Å². The highest BCUT2D eigenvalue weighted by atomic mass is 35.5. The molecular formula is C13H14ClFN2O. The molecule has 18 heavy (non-hydrogen) atoms. The van der Waals surface area contributed by atoms with Crippen LogP contribution in [0.3, 0.4) is 0 Å². The van der Waals surface area contributed by atoms with Gasteiger partial charge in [-0.2, -0.15) is 0 Å². The number of rotatable bonds is 1. The van der Waals surface area contributed by atoms with Crippen LogP contribution in [0.15, 0.2) is 16.5 Å². The highest BCUT2D eigenvalue weighted by Crippen LogP contribution is 2.31. The van der Waals surface area contributed by atoms with Crippen molar-refractivity contribution in [1.82, 2.24) is 10.3 Å². The van der Waals surface area contributed by atoms with E-state index in [4.69, 9.17) is 16.0 Å². The quantitative estimate of drug-likeness (QED) is 0.857. The van der Waals surface area contributed by atoms with E-state index in [0.29, 0.717) is 22.9 Å². The molecule has 2 heterocycles. The van der Waals surface area contributed by atoms with Gasteiger partial charge < -0.3 is 9.73 Å². The van der Waals surface area contributed by atoms with Gasteiger partial charge >= 0.3 is 0 Å². The molecule has 0 amide bonds. The second-order valence-electron chi connectivity index (χ2n) is 4.92. The molecular weight excluding hydrogens is 255 g/mol. The Labute approximate surface area is 109 Å². The van der Waals surface area contributed by atoms with E-state index in [0.717, 1.165) is 19.4 Å². The van der Waals surface area contributed by atoms with Crippen LogP contribution in [0.5, 0.6) is 0 Å². The van der Waals surface area contributed by atoms with Crippen molar-refractivity contribution in [3.63, 3.8) is 0 Å². The number of oxazole rings is 1. The predicted octanol–water partition coefficient (Wildman–Crippen LogP) is 3.68. The summed E-state index contributed by atoms with van der Waals surface area (Å²) in [6.45, 7) is 3.16. The molecule has 1 aliphatic heterocycles. The minimum atomic E-state index is -0.391. The Morgan fingerprint density at radius 1 is 1.50 bits per heavy atom. The fourth-order valence-electron chi connectivity index (χ4n) is 2.42. The molecule has 3 nitrogen and oxygen atoms in total. The number of hydrogen-bond donors (Lipinski definition) is 1. The zero-order valence-corrected chi connectivity index (χ0v) is 10.8. The van der Waals surface area contributed by atoms with Gasteiger partial charge in [-0.25, -0.2) is 9.37 Å². The minimum Gasteiger partial charge on any atom is -0.437 e. The maximum absolute atomic E-state index is 13.2. The summed E-state index contributed by atoms with van der Waals surface area (Å²) in [5.74, 6) is 0.847. The van der Waals surface area contributed by atoms with Crippen molar-refractivity contribution in [2.24, 2.45) is 5.92 Å². The van der Waals surface area contributed by atoms with E-state index in [1.165, 1.54) is 12.1 Å². The molecule has 0 saturated carbocycles. The van der Waals surface area contributed by atoms with Gasteiger partial charge in [-0.15, -0.1) is 0 Å². The van der Waals surface area contributed by atoms with Gasteiger partial charge in [0.2, 0.25) is 5.89 Å². The van der Waals surface area contributed by atoms with Crippen LogP contribution in [0.2, 0.25) is 5.02 Å². The number of halogens is 2. The molecule has 1 fully saturated rings. The lowest BCUT2D eigenvalue weighted by Crippen LogP contribution is -2.30. The number of aromatic nitrogens is 1. The summed E-state index contributed by atoms with van der Waals surface area (Å²) < 4.78 is 18.9. The van der Waals surface area contributed by atoms with Crippen molar-refractivity contribution >= 4 is 22.7 Å². The molecule has 0 spiro atoms. The van der Waals surface area contributed by atoms with E-state index in [2.05, 4.69) is 17.2 Å². The van der Waals surface area contributed by atoms with Crippen LogP contribution >= 0.6 is 11.6 Å². The van der Waals surface area contributed by atoms with Crippen molar-refractivity contribution in [2.75, 3.05) is 6.54 Å². The molecule has 2 aromatic rings. The van der Waals surface area contributed by atoms with Crippen molar-refractivity contribution in [3.05, 3.63) is 28.9 Å². The summed E-state index contributed by atoms with van der Waals surface area (Å²) in [7, 11) is 0.